The lowest BCUT2D eigenvalue weighted by Crippen LogP contribution is -2.53. The van der Waals surface area contributed by atoms with Gasteiger partial charge in [0.05, 0.1) is 13.0 Å². The van der Waals surface area contributed by atoms with E-state index in [0.717, 1.165) is 5.56 Å². The average molecular weight is 492 g/mol. The summed E-state index contributed by atoms with van der Waals surface area (Å²) >= 11 is 4.58. The Morgan fingerprint density at radius 3 is 2.44 bits per heavy atom. The van der Waals surface area contributed by atoms with E-state index in [4.69, 9.17) is 4.74 Å². The first kappa shape index (κ1) is 27.7. The zero-order chi connectivity index (χ0) is 25.1. The van der Waals surface area contributed by atoms with Gasteiger partial charge in [-0.2, -0.15) is 12.6 Å². The third kappa shape index (κ3) is 9.37. The molecule has 1 aliphatic heterocycles. The molecule has 4 atom stereocenters. The molecular weight excluding hydrogens is 454 g/mol. The maximum atomic E-state index is 13.4. The van der Waals surface area contributed by atoms with Crippen LogP contribution in [0.1, 0.15) is 52.0 Å². The Morgan fingerprint density at radius 1 is 1.15 bits per heavy atom. The number of carbonyl (C=O) groups is 4. The average Bonchev–Trinajstić information content (AvgIpc) is 3.17. The van der Waals surface area contributed by atoms with Crippen molar-refractivity contribution in [2.75, 3.05) is 13.2 Å². The van der Waals surface area contributed by atoms with Crippen LogP contribution < -0.4 is 16.0 Å². The molecule has 1 heterocycles. The predicted molar refractivity (Wildman–Crippen MR) is 133 cm³/mol. The highest BCUT2D eigenvalue weighted by molar-refractivity contribution is 7.81. The molecule has 3 amide bonds. The molecule has 0 aliphatic carbocycles. The number of nitrogens with one attached hydrogen (secondary N) is 3. The molecule has 0 aromatic heterocycles. The fourth-order valence-electron chi connectivity index (χ4n) is 3.99. The van der Waals surface area contributed by atoms with Crippen LogP contribution in [-0.4, -0.2) is 54.2 Å². The zero-order valence-electron chi connectivity index (χ0n) is 20.2. The van der Waals surface area contributed by atoms with Crippen LogP contribution in [0.4, 0.5) is 0 Å². The first-order valence-electron chi connectivity index (χ1n) is 11.9. The molecule has 1 aromatic rings. The number of benzene rings is 1. The largest absolute Gasteiger partial charge is 0.466 e. The van der Waals surface area contributed by atoms with Gasteiger partial charge in [-0.1, -0.05) is 44.2 Å². The van der Waals surface area contributed by atoms with Gasteiger partial charge in [0, 0.05) is 36.6 Å². The fourth-order valence-corrected chi connectivity index (χ4v) is 4.33. The molecule has 0 radical (unpaired) electrons. The minimum Gasteiger partial charge on any atom is -0.466 e. The van der Waals surface area contributed by atoms with Crippen molar-refractivity contribution in [2.45, 2.75) is 70.2 Å². The second-order valence-corrected chi connectivity index (χ2v) is 9.77. The number of amides is 3. The van der Waals surface area contributed by atoms with Crippen molar-refractivity contribution in [1.82, 2.24) is 16.0 Å². The molecule has 0 spiro atoms. The molecule has 3 N–H and O–H groups in total. The molecular formula is C25H37N3O5S. The molecule has 1 aromatic carbocycles. The van der Waals surface area contributed by atoms with Crippen molar-refractivity contribution in [3.8, 4) is 0 Å². The fraction of sp³-hybridized carbons (Fsp3) is 0.600. The van der Waals surface area contributed by atoms with E-state index in [9.17, 15) is 19.2 Å². The van der Waals surface area contributed by atoms with Gasteiger partial charge < -0.3 is 20.7 Å². The maximum Gasteiger partial charge on any atom is 0.306 e. The van der Waals surface area contributed by atoms with Gasteiger partial charge in [0.2, 0.25) is 17.7 Å². The Bertz CT molecular complexity index is 833. The van der Waals surface area contributed by atoms with Gasteiger partial charge in [0.25, 0.3) is 0 Å². The van der Waals surface area contributed by atoms with E-state index in [1.807, 2.05) is 44.2 Å². The Labute approximate surface area is 207 Å². The number of hydrogen-bond donors (Lipinski definition) is 4. The zero-order valence-corrected chi connectivity index (χ0v) is 21.1. The van der Waals surface area contributed by atoms with E-state index in [1.54, 1.807) is 6.92 Å². The van der Waals surface area contributed by atoms with Crippen LogP contribution in [0.15, 0.2) is 30.3 Å². The van der Waals surface area contributed by atoms with Gasteiger partial charge in [-0.25, -0.2) is 0 Å². The lowest BCUT2D eigenvalue weighted by Gasteiger charge is -2.28. The summed E-state index contributed by atoms with van der Waals surface area (Å²) in [5.74, 6) is -1.17. The van der Waals surface area contributed by atoms with E-state index >= 15 is 0 Å². The molecule has 1 aliphatic rings. The summed E-state index contributed by atoms with van der Waals surface area (Å²) in [4.78, 5) is 50.1. The Kier molecular flexibility index (Phi) is 11.4. The predicted octanol–water partition coefficient (Wildman–Crippen LogP) is 2.02. The van der Waals surface area contributed by atoms with Crippen LogP contribution in [0.5, 0.6) is 0 Å². The van der Waals surface area contributed by atoms with Crippen LogP contribution >= 0.6 is 12.6 Å². The lowest BCUT2D eigenvalue weighted by molar-refractivity contribution is -0.143. The molecule has 2 rings (SSSR count). The van der Waals surface area contributed by atoms with Crippen LogP contribution in [0.2, 0.25) is 0 Å². The van der Waals surface area contributed by atoms with Gasteiger partial charge in [-0.05, 0) is 31.2 Å². The molecule has 9 heteroatoms. The molecule has 188 valence electrons. The standard InChI is InChI=1S/C25H37N3O5S/c1-4-33-23(30)15-21(34)19(14-18-10-11-26-24(18)31)28-25(32)20(27-22(29)12-16(2)3)13-17-8-6-5-7-9-17/h5-9,16,18-21,34H,4,10-15H2,1-3H3,(H,26,31)(H,27,29)(H,28,32)/t18-,19-,20-,21-/m0/s1. The van der Waals surface area contributed by atoms with Gasteiger partial charge in [-0.15, -0.1) is 0 Å². The normalized spacial score (nSPS) is 18.0. The van der Waals surface area contributed by atoms with Gasteiger partial charge in [-0.3, -0.25) is 19.2 Å². The van der Waals surface area contributed by atoms with E-state index in [-0.39, 0.29) is 42.6 Å². The van der Waals surface area contributed by atoms with Crippen LogP contribution in [0, 0.1) is 11.8 Å². The summed E-state index contributed by atoms with van der Waals surface area (Å²) in [6.45, 7) is 6.44. The number of carbonyl (C=O) groups excluding carboxylic acids is 4. The highest BCUT2D eigenvalue weighted by atomic mass is 32.1. The van der Waals surface area contributed by atoms with Gasteiger partial charge >= 0.3 is 5.97 Å². The highest BCUT2D eigenvalue weighted by Gasteiger charge is 2.33. The second-order valence-electron chi connectivity index (χ2n) is 9.11. The monoisotopic (exact) mass is 491 g/mol. The first-order chi connectivity index (χ1) is 16.2. The lowest BCUT2D eigenvalue weighted by atomic mass is 9.94. The smallest absolute Gasteiger partial charge is 0.306 e. The number of ether oxygens (including phenoxy) is 1. The van der Waals surface area contributed by atoms with Crippen LogP contribution in [0.25, 0.3) is 0 Å². The summed E-state index contributed by atoms with van der Waals surface area (Å²) in [6.07, 6.45) is 1.64. The third-order valence-corrected chi connectivity index (χ3v) is 6.24. The summed E-state index contributed by atoms with van der Waals surface area (Å²) < 4.78 is 5.04. The number of thiol groups is 1. The summed E-state index contributed by atoms with van der Waals surface area (Å²) in [6, 6.07) is 8.11. The van der Waals surface area contributed by atoms with Crippen LogP contribution in [0.3, 0.4) is 0 Å². The van der Waals surface area contributed by atoms with Crippen molar-refractivity contribution < 1.29 is 23.9 Å². The SMILES string of the molecule is CCOC(=O)C[C@H](S)[C@H](C[C@@H]1CCNC1=O)NC(=O)[C@H](Cc1ccccc1)NC(=O)CC(C)C. The molecule has 0 bridgehead atoms. The summed E-state index contributed by atoms with van der Waals surface area (Å²) in [5, 5.41) is 8.09. The Morgan fingerprint density at radius 2 is 1.85 bits per heavy atom. The van der Waals surface area contributed by atoms with Crippen molar-refractivity contribution in [1.29, 1.82) is 0 Å². The Hall–Kier alpha value is -2.55. The Balaban J connectivity index is 2.18. The van der Waals surface area contributed by atoms with E-state index in [2.05, 4.69) is 28.6 Å². The molecule has 8 nitrogen and oxygen atoms in total. The molecule has 1 fully saturated rings. The topological polar surface area (TPSA) is 114 Å². The summed E-state index contributed by atoms with van der Waals surface area (Å²) in [5.41, 5.74) is 0.910. The number of rotatable bonds is 13. The molecule has 0 unspecified atom stereocenters. The van der Waals surface area contributed by atoms with Gasteiger partial charge in [0.15, 0.2) is 0 Å². The van der Waals surface area contributed by atoms with Crippen molar-refractivity contribution >= 4 is 36.3 Å². The molecule has 0 saturated carbocycles. The summed E-state index contributed by atoms with van der Waals surface area (Å²) in [7, 11) is 0. The quantitative estimate of drug-likeness (QED) is 0.249. The van der Waals surface area contributed by atoms with Gasteiger partial charge in [0.1, 0.15) is 6.04 Å². The van der Waals surface area contributed by atoms with E-state index in [1.165, 1.54) is 0 Å². The van der Waals surface area contributed by atoms with E-state index in [0.29, 0.717) is 32.2 Å². The van der Waals surface area contributed by atoms with Crippen molar-refractivity contribution in [3.05, 3.63) is 35.9 Å². The number of esters is 1. The van der Waals surface area contributed by atoms with E-state index < -0.39 is 23.3 Å². The minimum absolute atomic E-state index is 0.000697. The minimum atomic E-state index is -0.795. The molecule has 1 saturated heterocycles. The highest BCUT2D eigenvalue weighted by Crippen LogP contribution is 2.22. The van der Waals surface area contributed by atoms with Crippen molar-refractivity contribution in [3.63, 3.8) is 0 Å². The third-order valence-electron chi connectivity index (χ3n) is 5.70. The maximum absolute atomic E-state index is 13.4. The first-order valence-corrected chi connectivity index (χ1v) is 12.5. The molecule has 34 heavy (non-hydrogen) atoms. The van der Waals surface area contributed by atoms with Crippen LogP contribution in [-0.2, 0) is 30.3 Å². The second kappa shape index (κ2) is 14.0. The number of hydrogen-bond acceptors (Lipinski definition) is 6. The van der Waals surface area contributed by atoms with Crippen molar-refractivity contribution in [2.24, 2.45) is 11.8 Å².